The number of aliphatic carboxylic acids is 1. The van der Waals surface area contributed by atoms with Crippen molar-refractivity contribution in [3.8, 4) is 0 Å². The molecule has 19 heavy (non-hydrogen) atoms. The number of carboxylic acid groups (broad SMARTS) is 1. The summed E-state index contributed by atoms with van der Waals surface area (Å²) >= 11 is 0. The van der Waals surface area contributed by atoms with Crippen LogP contribution in [0.5, 0.6) is 0 Å². The Labute approximate surface area is 113 Å². The van der Waals surface area contributed by atoms with Gasteiger partial charge in [-0.2, -0.15) is 0 Å². The van der Waals surface area contributed by atoms with Gasteiger partial charge in [0.25, 0.3) is 0 Å². The van der Waals surface area contributed by atoms with Crippen LogP contribution in [-0.2, 0) is 14.6 Å². The Bertz CT molecular complexity index is 407. The van der Waals surface area contributed by atoms with Gasteiger partial charge in [-0.25, -0.2) is 18.0 Å². The zero-order valence-corrected chi connectivity index (χ0v) is 12.3. The first-order chi connectivity index (χ1) is 8.65. The molecule has 3 N–H and O–H groups in total. The van der Waals surface area contributed by atoms with Crippen molar-refractivity contribution in [2.75, 3.05) is 12.0 Å². The van der Waals surface area contributed by atoms with E-state index < -0.39 is 33.9 Å². The predicted molar refractivity (Wildman–Crippen MR) is 71.8 cm³/mol. The highest BCUT2D eigenvalue weighted by Gasteiger charge is 2.20. The molecular weight excluding hydrogens is 272 g/mol. The summed E-state index contributed by atoms with van der Waals surface area (Å²) in [6, 6.07) is -2.19. The van der Waals surface area contributed by atoms with E-state index >= 15 is 0 Å². The summed E-state index contributed by atoms with van der Waals surface area (Å²) in [5, 5.41) is 13.7. The van der Waals surface area contributed by atoms with Gasteiger partial charge in [-0.3, -0.25) is 0 Å². The zero-order chi connectivity index (χ0) is 15.1. The molecule has 0 radical (unpaired) electrons. The lowest BCUT2D eigenvalue weighted by Crippen LogP contribution is -2.49. The van der Waals surface area contributed by atoms with Gasteiger partial charge in [0.05, 0.1) is 5.75 Å². The van der Waals surface area contributed by atoms with E-state index in [0.29, 0.717) is 12.8 Å². The smallest absolute Gasteiger partial charge is 0.326 e. The summed E-state index contributed by atoms with van der Waals surface area (Å²) in [6.45, 7) is 3.47. The predicted octanol–water partition coefficient (Wildman–Crippen LogP) is 0.362. The van der Waals surface area contributed by atoms with E-state index in [-0.39, 0.29) is 5.75 Å². The lowest BCUT2D eigenvalue weighted by atomic mass is 10.1. The Morgan fingerprint density at radius 2 is 1.84 bits per heavy atom. The Morgan fingerprint density at radius 1 is 1.26 bits per heavy atom. The van der Waals surface area contributed by atoms with E-state index in [1.54, 1.807) is 6.92 Å². The van der Waals surface area contributed by atoms with Crippen molar-refractivity contribution >= 4 is 21.8 Å². The molecule has 0 heterocycles. The van der Waals surface area contributed by atoms with Crippen molar-refractivity contribution in [2.45, 2.75) is 45.2 Å². The highest BCUT2D eigenvalue weighted by Crippen LogP contribution is 2.01. The molecular formula is C11H22N2O5S. The third kappa shape index (κ3) is 9.29. The second-order valence-corrected chi connectivity index (χ2v) is 6.83. The fourth-order valence-electron chi connectivity index (χ4n) is 1.59. The van der Waals surface area contributed by atoms with Crippen LogP contribution in [-0.4, -0.2) is 49.6 Å². The lowest BCUT2D eigenvalue weighted by molar-refractivity contribution is -0.139. The lowest BCUT2D eigenvalue weighted by Gasteiger charge is -2.17. The van der Waals surface area contributed by atoms with E-state index in [1.807, 2.05) is 6.92 Å². The summed E-state index contributed by atoms with van der Waals surface area (Å²) in [6.07, 6.45) is 2.94. The molecule has 8 heteroatoms. The molecule has 0 fully saturated rings. The number of nitrogens with one attached hydrogen (secondary N) is 2. The van der Waals surface area contributed by atoms with Gasteiger partial charge >= 0.3 is 12.0 Å². The summed E-state index contributed by atoms with van der Waals surface area (Å²) in [5.74, 6) is -1.29. The summed E-state index contributed by atoms with van der Waals surface area (Å²) in [7, 11) is -3.19. The first-order valence-corrected chi connectivity index (χ1v) is 8.19. The molecule has 0 aromatic carbocycles. The summed E-state index contributed by atoms with van der Waals surface area (Å²) in [5.41, 5.74) is 0. The number of urea groups is 1. The van der Waals surface area contributed by atoms with Gasteiger partial charge < -0.3 is 15.7 Å². The summed E-state index contributed by atoms with van der Waals surface area (Å²) in [4.78, 5) is 22.5. The number of carboxylic acids is 1. The third-order valence-electron chi connectivity index (χ3n) is 2.38. The normalized spacial score (nSPS) is 14.5. The molecule has 7 nitrogen and oxygen atoms in total. The standard InChI is InChI=1S/C11H22N2O5S/c1-4-5-6-9(10(14)15)13-11(16)12-8(2)7-19(3,17)18/h8-9H,4-7H2,1-3H3,(H,14,15)(H2,12,13,16)/t8?,9-/m0/s1. The third-order valence-corrected chi connectivity index (χ3v) is 3.49. The van der Waals surface area contributed by atoms with Crippen LogP contribution >= 0.6 is 0 Å². The molecule has 0 saturated heterocycles. The van der Waals surface area contributed by atoms with Crippen LogP contribution in [0.3, 0.4) is 0 Å². The highest BCUT2D eigenvalue weighted by atomic mass is 32.2. The van der Waals surface area contributed by atoms with Crippen LogP contribution in [0.4, 0.5) is 4.79 Å². The number of sulfone groups is 1. The van der Waals surface area contributed by atoms with Crippen molar-refractivity contribution in [1.82, 2.24) is 10.6 Å². The fourth-order valence-corrected chi connectivity index (χ4v) is 2.58. The maximum absolute atomic E-state index is 11.5. The molecule has 0 rings (SSSR count). The quantitative estimate of drug-likeness (QED) is 0.598. The minimum Gasteiger partial charge on any atom is -0.480 e. The Morgan fingerprint density at radius 3 is 2.26 bits per heavy atom. The number of hydrogen-bond acceptors (Lipinski definition) is 4. The molecule has 1 unspecified atom stereocenters. The largest absolute Gasteiger partial charge is 0.480 e. The average Bonchev–Trinajstić information content (AvgIpc) is 2.20. The van der Waals surface area contributed by atoms with E-state index in [2.05, 4.69) is 10.6 Å². The molecule has 0 saturated carbocycles. The van der Waals surface area contributed by atoms with E-state index in [4.69, 9.17) is 5.11 Å². The molecule has 0 aliphatic carbocycles. The van der Waals surface area contributed by atoms with Crippen molar-refractivity contribution in [3.63, 3.8) is 0 Å². The second-order valence-electron chi connectivity index (χ2n) is 4.64. The first-order valence-electron chi connectivity index (χ1n) is 6.13. The van der Waals surface area contributed by atoms with E-state index in [9.17, 15) is 18.0 Å². The number of unbranched alkanes of at least 4 members (excludes halogenated alkanes) is 1. The Balaban J connectivity index is 4.30. The van der Waals surface area contributed by atoms with Crippen LogP contribution in [0.25, 0.3) is 0 Å². The maximum Gasteiger partial charge on any atom is 0.326 e. The SMILES string of the molecule is CCCC[C@H](NC(=O)NC(C)CS(C)(=O)=O)C(=O)O. The van der Waals surface area contributed by atoms with Crippen LogP contribution in [0, 0.1) is 0 Å². The van der Waals surface area contributed by atoms with Gasteiger partial charge in [-0.15, -0.1) is 0 Å². The van der Waals surface area contributed by atoms with Crippen LogP contribution < -0.4 is 10.6 Å². The summed E-state index contributed by atoms with van der Waals surface area (Å²) < 4.78 is 22.1. The number of carbonyl (C=O) groups excluding carboxylic acids is 1. The Hall–Kier alpha value is -1.31. The van der Waals surface area contributed by atoms with Gasteiger partial charge in [0.2, 0.25) is 0 Å². The van der Waals surface area contributed by atoms with Gasteiger partial charge in [0.15, 0.2) is 0 Å². The Kier molecular flexibility index (Phi) is 7.43. The van der Waals surface area contributed by atoms with Crippen molar-refractivity contribution < 1.29 is 23.1 Å². The molecule has 2 amide bonds. The van der Waals surface area contributed by atoms with Crippen LogP contribution in [0.1, 0.15) is 33.1 Å². The van der Waals surface area contributed by atoms with E-state index in [1.165, 1.54) is 0 Å². The minimum atomic E-state index is -3.19. The van der Waals surface area contributed by atoms with E-state index in [0.717, 1.165) is 12.7 Å². The van der Waals surface area contributed by atoms with Gasteiger partial charge in [0.1, 0.15) is 15.9 Å². The topological polar surface area (TPSA) is 113 Å². The monoisotopic (exact) mass is 294 g/mol. The average molecular weight is 294 g/mol. The minimum absolute atomic E-state index is 0.187. The fraction of sp³-hybridized carbons (Fsp3) is 0.818. The number of amides is 2. The highest BCUT2D eigenvalue weighted by molar-refractivity contribution is 7.90. The van der Waals surface area contributed by atoms with Crippen molar-refractivity contribution in [2.24, 2.45) is 0 Å². The van der Waals surface area contributed by atoms with Gasteiger partial charge in [-0.1, -0.05) is 19.8 Å². The molecule has 0 bridgehead atoms. The molecule has 0 aliphatic rings. The van der Waals surface area contributed by atoms with Crippen molar-refractivity contribution in [3.05, 3.63) is 0 Å². The molecule has 0 aromatic heterocycles. The zero-order valence-electron chi connectivity index (χ0n) is 11.5. The molecule has 112 valence electrons. The second kappa shape index (κ2) is 7.98. The van der Waals surface area contributed by atoms with Crippen LogP contribution in [0.2, 0.25) is 0 Å². The van der Waals surface area contributed by atoms with Gasteiger partial charge in [-0.05, 0) is 13.3 Å². The molecule has 0 aromatic rings. The molecule has 0 spiro atoms. The number of hydrogen-bond donors (Lipinski definition) is 3. The number of rotatable bonds is 8. The molecule has 2 atom stereocenters. The van der Waals surface area contributed by atoms with Crippen LogP contribution in [0.15, 0.2) is 0 Å². The van der Waals surface area contributed by atoms with Gasteiger partial charge in [0, 0.05) is 12.3 Å². The number of carbonyl (C=O) groups is 2. The maximum atomic E-state index is 11.5. The van der Waals surface area contributed by atoms with Crippen molar-refractivity contribution in [1.29, 1.82) is 0 Å². The molecule has 0 aliphatic heterocycles. The first kappa shape index (κ1) is 17.7.